The number of fused-ring (bicyclic) bond motifs is 1. The van der Waals surface area contributed by atoms with E-state index in [1.54, 1.807) is 49.4 Å². The number of anilines is 1. The standard InChI is InChI=1S/C42H49FN8O6/c1-48(2)42(56)36-24-31-23-30(29-7-5-17-50(26-29)39(54)15-20-51-21-16-44-47-51)22-28(40(31)57-36)6-3-4-8-38(53)49-18-13-27(14-19-49)33-10-9-32(25-34(33)43)45-35-11-12-37(52)46-41(35)55/h7,9-10,16,21-25,27,35,45H,3-6,8,11-15,17-20,26H2,1-2H3,(H,46,52,55). The van der Waals surface area contributed by atoms with Crippen molar-refractivity contribution >= 4 is 51.8 Å². The smallest absolute Gasteiger partial charge is 0.289 e. The predicted molar refractivity (Wildman–Crippen MR) is 210 cm³/mol. The van der Waals surface area contributed by atoms with E-state index in [0.29, 0.717) is 94.5 Å². The van der Waals surface area contributed by atoms with Gasteiger partial charge in [0.15, 0.2) is 5.76 Å². The van der Waals surface area contributed by atoms with E-state index in [-0.39, 0.29) is 47.5 Å². The molecule has 57 heavy (non-hydrogen) atoms. The number of carbonyl (C=O) groups excluding carboxylic acids is 5. The van der Waals surface area contributed by atoms with Crippen molar-refractivity contribution in [3.63, 3.8) is 0 Å². The van der Waals surface area contributed by atoms with E-state index in [2.05, 4.69) is 33.1 Å². The maximum Gasteiger partial charge on any atom is 0.289 e. The molecule has 300 valence electrons. The monoisotopic (exact) mass is 780 g/mol. The second kappa shape index (κ2) is 17.5. The number of hydrogen-bond donors (Lipinski definition) is 2. The van der Waals surface area contributed by atoms with E-state index in [4.69, 9.17) is 4.42 Å². The van der Waals surface area contributed by atoms with Gasteiger partial charge in [0, 0.05) is 76.8 Å². The summed E-state index contributed by atoms with van der Waals surface area (Å²) < 4.78 is 23.0. The zero-order chi connectivity index (χ0) is 40.1. The fraction of sp³-hybridized carbons (Fsp3) is 0.452. The quantitative estimate of drug-likeness (QED) is 0.142. The third kappa shape index (κ3) is 9.41. The fourth-order valence-electron chi connectivity index (χ4n) is 7.98. The number of hydrogen-bond acceptors (Lipinski definition) is 9. The van der Waals surface area contributed by atoms with Crippen LogP contribution < -0.4 is 10.6 Å². The molecule has 5 amide bonds. The lowest BCUT2D eigenvalue weighted by Gasteiger charge is -2.32. The zero-order valence-electron chi connectivity index (χ0n) is 32.5. The minimum absolute atomic E-state index is 0.0185. The van der Waals surface area contributed by atoms with Gasteiger partial charge in [-0.15, -0.1) is 5.10 Å². The van der Waals surface area contributed by atoms with E-state index in [9.17, 15) is 24.0 Å². The number of nitrogens with zero attached hydrogens (tertiary/aromatic N) is 6. The molecule has 2 saturated heterocycles. The number of piperidine rings is 2. The average molecular weight is 781 g/mol. The summed E-state index contributed by atoms with van der Waals surface area (Å²) in [5.74, 6) is -0.917. The molecule has 2 N–H and O–H groups in total. The topological polar surface area (TPSA) is 163 Å². The second-order valence-corrected chi connectivity index (χ2v) is 15.4. The van der Waals surface area contributed by atoms with Crippen LogP contribution in [-0.4, -0.2) is 106 Å². The molecule has 3 aliphatic rings. The van der Waals surface area contributed by atoms with Crippen molar-refractivity contribution in [3.05, 3.63) is 83.1 Å². The molecule has 2 aromatic heterocycles. The minimum atomic E-state index is -0.586. The van der Waals surface area contributed by atoms with Crippen molar-refractivity contribution in [3.8, 4) is 0 Å². The van der Waals surface area contributed by atoms with Gasteiger partial charge in [0.2, 0.25) is 23.6 Å². The number of carbonyl (C=O) groups is 5. The van der Waals surface area contributed by atoms with Crippen LogP contribution >= 0.6 is 0 Å². The normalized spacial score (nSPS) is 17.7. The van der Waals surface area contributed by atoms with Gasteiger partial charge in [0.05, 0.1) is 12.7 Å². The molecular formula is C42H49FN8O6. The Morgan fingerprint density at radius 2 is 1.79 bits per heavy atom. The van der Waals surface area contributed by atoms with Gasteiger partial charge in [-0.1, -0.05) is 17.4 Å². The Labute approximate surface area is 330 Å². The maximum atomic E-state index is 15.3. The van der Waals surface area contributed by atoms with Gasteiger partial charge in [0.1, 0.15) is 17.4 Å². The van der Waals surface area contributed by atoms with E-state index in [0.717, 1.165) is 34.9 Å². The van der Waals surface area contributed by atoms with Crippen LogP contribution in [0.2, 0.25) is 0 Å². The van der Waals surface area contributed by atoms with E-state index in [1.807, 2.05) is 15.9 Å². The maximum absolute atomic E-state index is 15.3. The summed E-state index contributed by atoms with van der Waals surface area (Å²) in [6.45, 7) is 2.68. The number of benzene rings is 2. The van der Waals surface area contributed by atoms with Crippen LogP contribution in [0.5, 0.6) is 0 Å². The fourth-order valence-corrected chi connectivity index (χ4v) is 7.98. The first-order valence-electron chi connectivity index (χ1n) is 19.8. The number of furan rings is 1. The number of amides is 5. The van der Waals surface area contributed by atoms with Crippen molar-refractivity contribution in [2.45, 2.75) is 82.7 Å². The summed E-state index contributed by atoms with van der Waals surface area (Å²) in [7, 11) is 3.37. The highest BCUT2D eigenvalue weighted by Gasteiger charge is 2.29. The van der Waals surface area contributed by atoms with Gasteiger partial charge in [-0.3, -0.25) is 34.0 Å². The van der Waals surface area contributed by atoms with E-state index < -0.39 is 11.9 Å². The van der Waals surface area contributed by atoms with Crippen molar-refractivity contribution in [2.75, 3.05) is 45.6 Å². The molecule has 0 aliphatic carbocycles. The zero-order valence-corrected chi connectivity index (χ0v) is 32.5. The van der Waals surface area contributed by atoms with Crippen molar-refractivity contribution in [1.82, 2.24) is 35.0 Å². The summed E-state index contributed by atoms with van der Waals surface area (Å²) >= 11 is 0. The first-order valence-corrected chi connectivity index (χ1v) is 19.8. The molecule has 0 radical (unpaired) electrons. The Morgan fingerprint density at radius 3 is 2.53 bits per heavy atom. The molecule has 4 aromatic rings. The molecule has 2 fully saturated rings. The molecular weight excluding hydrogens is 732 g/mol. The third-order valence-electron chi connectivity index (χ3n) is 11.2. The van der Waals surface area contributed by atoms with Gasteiger partial charge >= 0.3 is 0 Å². The summed E-state index contributed by atoms with van der Waals surface area (Å²) in [5, 5.41) is 13.9. The molecule has 7 rings (SSSR count). The molecule has 0 bridgehead atoms. The van der Waals surface area contributed by atoms with Crippen LogP contribution in [0.15, 0.2) is 59.3 Å². The number of aromatic nitrogens is 3. The Morgan fingerprint density at radius 1 is 0.982 bits per heavy atom. The Hall–Kier alpha value is -5.86. The van der Waals surface area contributed by atoms with Crippen molar-refractivity contribution in [2.24, 2.45) is 0 Å². The lowest BCUT2D eigenvalue weighted by atomic mass is 9.88. The van der Waals surface area contributed by atoms with Crippen LogP contribution in [0.4, 0.5) is 10.1 Å². The summed E-state index contributed by atoms with van der Waals surface area (Å²) in [6, 6.07) is 10.2. The summed E-state index contributed by atoms with van der Waals surface area (Å²) in [5.41, 5.74) is 4.71. The summed E-state index contributed by atoms with van der Waals surface area (Å²) in [6.07, 6.45) is 10.9. The van der Waals surface area contributed by atoms with Crippen LogP contribution in [0, 0.1) is 5.82 Å². The molecule has 15 heteroatoms. The molecule has 14 nitrogen and oxygen atoms in total. The molecule has 0 saturated carbocycles. The minimum Gasteiger partial charge on any atom is -0.451 e. The van der Waals surface area contributed by atoms with Crippen molar-refractivity contribution in [1.29, 1.82) is 0 Å². The van der Waals surface area contributed by atoms with E-state index in [1.165, 1.54) is 11.0 Å². The second-order valence-electron chi connectivity index (χ2n) is 15.4. The highest BCUT2D eigenvalue weighted by Crippen LogP contribution is 2.33. The lowest BCUT2D eigenvalue weighted by Crippen LogP contribution is -2.47. The van der Waals surface area contributed by atoms with Crippen molar-refractivity contribution < 1.29 is 32.8 Å². The van der Waals surface area contributed by atoms with Gasteiger partial charge in [-0.25, -0.2) is 4.39 Å². The average Bonchev–Trinajstić information content (AvgIpc) is 3.90. The van der Waals surface area contributed by atoms with Gasteiger partial charge in [-0.05, 0) is 103 Å². The predicted octanol–water partition coefficient (Wildman–Crippen LogP) is 4.91. The number of unbranched alkanes of at least 4 members (excludes halogenated alkanes) is 1. The number of rotatable bonds is 13. The number of nitrogens with one attached hydrogen (secondary N) is 2. The number of halogens is 1. The molecule has 3 aliphatic heterocycles. The molecule has 0 spiro atoms. The lowest BCUT2D eigenvalue weighted by molar-refractivity contribution is -0.134. The molecule has 1 unspecified atom stereocenters. The number of likely N-dealkylation sites (tertiary alicyclic amines) is 1. The largest absolute Gasteiger partial charge is 0.451 e. The van der Waals surface area contributed by atoms with Crippen LogP contribution in [0.1, 0.15) is 91.0 Å². The Kier molecular flexibility index (Phi) is 12.1. The third-order valence-corrected chi connectivity index (χ3v) is 11.2. The van der Waals surface area contributed by atoms with Gasteiger partial charge in [0.25, 0.3) is 5.91 Å². The Bertz CT molecular complexity index is 2170. The SMILES string of the molecule is CN(C)C(=O)c1cc2cc(C3=CCCN(C(=O)CCn4ccnn4)C3)cc(CCCCC(=O)N3CCC(c4ccc(NC5CCC(=O)NC5=O)cc4F)CC3)c2o1. The van der Waals surface area contributed by atoms with Gasteiger partial charge < -0.3 is 24.4 Å². The Balaban J connectivity index is 0.936. The summed E-state index contributed by atoms with van der Waals surface area (Å²) in [4.78, 5) is 68.1. The van der Waals surface area contributed by atoms with E-state index >= 15 is 4.39 Å². The first-order chi connectivity index (χ1) is 27.5. The highest BCUT2D eigenvalue weighted by molar-refractivity contribution is 6.01. The molecule has 5 heterocycles. The van der Waals surface area contributed by atoms with Crippen LogP contribution in [-0.2, 0) is 32.1 Å². The van der Waals surface area contributed by atoms with Gasteiger partial charge in [-0.2, -0.15) is 0 Å². The molecule has 1 atom stereocenters. The number of imide groups is 1. The number of aryl methyl sites for hydroxylation is 2. The molecule has 2 aromatic carbocycles. The highest BCUT2D eigenvalue weighted by atomic mass is 19.1. The van der Waals surface area contributed by atoms with Crippen LogP contribution in [0.25, 0.3) is 16.5 Å². The first kappa shape index (κ1) is 39.4. The van der Waals surface area contributed by atoms with Crippen LogP contribution in [0.3, 0.4) is 0 Å².